The molecule has 1 fully saturated rings. The monoisotopic (exact) mass is 339 g/mol. The molecule has 0 radical (unpaired) electrons. The molecule has 6 nitrogen and oxygen atoms in total. The summed E-state index contributed by atoms with van der Waals surface area (Å²) >= 11 is 0. The third-order valence-corrected chi connectivity index (χ3v) is 4.09. The van der Waals surface area contributed by atoms with Gasteiger partial charge in [0, 0.05) is 30.5 Å². The van der Waals surface area contributed by atoms with Crippen LogP contribution in [-0.2, 0) is 11.3 Å². The molecule has 25 heavy (non-hydrogen) atoms. The number of hydrogen-bond acceptors (Lipinski definition) is 4. The van der Waals surface area contributed by atoms with Gasteiger partial charge in [0.1, 0.15) is 5.82 Å². The first-order valence-electron chi connectivity index (χ1n) is 8.53. The lowest BCUT2D eigenvalue weighted by Gasteiger charge is -2.29. The minimum Gasteiger partial charge on any atom is -0.378 e. The Morgan fingerprint density at radius 3 is 2.68 bits per heavy atom. The summed E-state index contributed by atoms with van der Waals surface area (Å²) in [6, 6.07) is 10.2. The number of aliphatic imine (C=N–C) groups is 1. The van der Waals surface area contributed by atoms with Crippen molar-refractivity contribution in [3.63, 3.8) is 0 Å². The zero-order valence-corrected chi connectivity index (χ0v) is 14.8. The van der Waals surface area contributed by atoms with Crippen molar-refractivity contribution < 1.29 is 4.74 Å². The fourth-order valence-electron chi connectivity index (χ4n) is 3.02. The quantitative estimate of drug-likeness (QED) is 0.661. The second kappa shape index (κ2) is 7.98. The highest BCUT2D eigenvalue weighted by molar-refractivity contribution is 5.92. The van der Waals surface area contributed by atoms with Crippen LogP contribution in [0.5, 0.6) is 0 Å². The van der Waals surface area contributed by atoms with Crippen molar-refractivity contribution in [2.75, 3.05) is 36.5 Å². The van der Waals surface area contributed by atoms with Crippen molar-refractivity contribution in [1.82, 2.24) is 4.98 Å². The van der Waals surface area contributed by atoms with Gasteiger partial charge in [0.15, 0.2) is 5.96 Å². The topological polar surface area (TPSA) is 75.8 Å². The maximum atomic E-state index is 6.07. The van der Waals surface area contributed by atoms with Crippen molar-refractivity contribution >= 4 is 17.5 Å². The van der Waals surface area contributed by atoms with E-state index in [-0.39, 0.29) is 0 Å². The second-order valence-electron chi connectivity index (χ2n) is 6.29. The van der Waals surface area contributed by atoms with Crippen molar-refractivity contribution in [2.24, 2.45) is 10.7 Å². The maximum Gasteiger partial charge on any atom is 0.193 e. The van der Waals surface area contributed by atoms with Gasteiger partial charge in [-0.15, -0.1) is 0 Å². The minimum absolute atomic E-state index is 0.404. The van der Waals surface area contributed by atoms with Gasteiger partial charge in [-0.05, 0) is 43.2 Å². The third kappa shape index (κ3) is 4.70. The standard InChI is InChI=1S/C19H25N5O/c1-14-10-15(2)12-17(11-14)23-19(20)22-13-16-4-3-5-21-18(16)24-6-8-25-9-7-24/h3-5,10-12H,6-9,13H2,1-2H3,(H3,20,22,23). The largest absolute Gasteiger partial charge is 0.378 e. The van der Waals surface area contributed by atoms with Gasteiger partial charge in [-0.25, -0.2) is 9.98 Å². The first kappa shape index (κ1) is 17.2. The number of morpholine rings is 1. The first-order chi connectivity index (χ1) is 12.1. The molecule has 1 aromatic heterocycles. The van der Waals surface area contributed by atoms with Gasteiger partial charge in [0.2, 0.25) is 0 Å². The van der Waals surface area contributed by atoms with E-state index in [1.807, 2.05) is 18.3 Å². The fourth-order valence-corrected chi connectivity index (χ4v) is 3.02. The van der Waals surface area contributed by atoms with E-state index in [2.05, 4.69) is 52.2 Å². The van der Waals surface area contributed by atoms with Crippen LogP contribution in [0.2, 0.25) is 0 Å². The van der Waals surface area contributed by atoms with E-state index in [1.54, 1.807) is 0 Å². The number of nitrogens with two attached hydrogens (primary N) is 1. The lowest BCUT2D eigenvalue weighted by Crippen LogP contribution is -2.37. The number of aryl methyl sites for hydroxylation is 2. The first-order valence-corrected chi connectivity index (χ1v) is 8.53. The van der Waals surface area contributed by atoms with E-state index in [4.69, 9.17) is 10.5 Å². The Hall–Kier alpha value is -2.60. The molecule has 1 aromatic carbocycles. The number of hydrogen-bond donors (Lipinski definition) is 2. The summed E-state index contributed by atoms with van der Waals surface area (Å²) in [4.78, 5) is 11.3. The van der Waals surface area contributed by atoms with Crippen LogP contribution < -0.4 is 16.0 Å². The Morgan fingerprint density at radius 1 is 1.24 bits per heavy atom. The zero-order chi connectivity index (χ0) is 17.6. The third-order valence-electron chi connectivity index (χ3n) is 4.09. The molecule has 3 rings (SSSR count). The number of nitrogens with one attached hydrogen (secondary N) is 1. The number of nitrogens with zero attached hydrogens (tertiary/aromatic N) is 3. The molecule has 0 bridgehead atoms. The lowest BCUT2D eigenvalue weighted by atomic mass is 10.1. The normalized spacial score (nSPS) is 15.3. The van der Waals surface area contributed by atoms with E-state index in [0.29, 0.717) is 12.5 Å². The summed E-state index contributed by atoms with van der Waals surface area (Å²) in [5.74, 6) is 1.37. The predicted octanol–water partition coefficient (Wildman–Crippen LogP) is 2.46. The Labute approximate surface area is 148 Å². The summed E-state index contributed by atoms with van der Waals surface area (Å²) < 4.78 is 5.42. The molecule has 0 spiro atoms. The zero-order valence-electron chi connectivity index (χ0n) is 14.8. The van der Waals surface area contributed by atoms with Crippen LogP contribution in [0.25, 0.3) is 0 Å². The van der Waals surface area contributed by atoms with E-state index < -0.39 is 0 Å². The number of anilines is 2. The highest BCUT2D eigenvalue weighted by atomic mass is 16.5. The molecular weight excluding hydrogens is 314 g/mol. The highest BCUT2D eigenvalue weighted by Gasteiger charge is 2.15. The van der Waals surface area contributed by atoms with Crippen LogP contribution >= 0.6 is 0 Å². The highest BCUT2D eigenvalue weighted by Crippen LogP contribution is 2.19. The van der Waals surface area contributed by atoms with Gasteiger partial charge in [0.25, 0.3) is 0 Å². The maximum absolute atomic E-state index is 6.07. The number of aromatic nitrogens is 1. The SMILES string of the molecule is Cc1cc(C)cc(NC(N)=NCc2cccnc2N2CCOCC2)c1. The fraction of sp³-hybridized carbons (Fsp3) is 0.368. The van der Waals surface area contributed by atoms with Gasteiger partial charge < -0.3 is 20.7 Å². The van der Waals surface area contributed by atoms with E-state index in [1.165, 1.54) is 11.1 Å². The van der Waals surface area contributed by atoms with Crippen LogP contribution in [0.4, 0.5) is 11.5 Å². The van der Waals surface area contributed by atoms with Gasteiger partial charge in [-0.3, -0.25) is 0 Å². The molecule has 0 unspecified atom stereocenters. The molecule has 1 saturated heterocycles. The average molecular weight is 339 g/mol. The summed E-state index contributed by atoms with van der Waals surface area (Å²) in [5, 5.41) is 3.17. The summed E-state index contributed by atoms with van der Waals surface area (Å²) in [5.41, 5.74) is 10.5. The number of ether oxygens (including phenoxy) is 1. The molecule has 6 heteroatoms. The summed E-state index contributed by atoms with van der Waals surface area (Å²) in [7, 11) is 0. The molecule has 3 N–H and O–H groups in total. The Bertz CT molecular complexity index is 733. The second-order valence-corrected chi connectivity index (χ2v) is 6.29. The number of pyridine rings is 1. The molecule has 2 heterocycles. The molecule has 2 aromatic rings. The molecule has 0 atom stereocenters. The summed E-state index contributed by atoms with van der Waals surface area (Å²) in [6.07, 6.45) is 1.81. The number of rotatable bonds is 4. The number of guanidine groups is 1. The van der Waals surface area contributed by atoms with Gasteiger partial charge in [-0.2, -0.15) is 0 Å². The molecule has 1 aliphatic rings. The van der Waals surface area contributed by atoms with E-state index >= 15 is 0 Å². The van der Waals surface area contributed by atoms with Crippen LogP contribution in [0.15, 0.2) is 41.5 Å². The van der Waals surface area contributed by atoms with Crippen molar-refractivity contribution in [2.45, 2.75) is 20.4 Å². The summed E-state index contributed by atoms with van der Waals surface area (Å²) in [6.45, 7) is 7.79. The van der Waals surface area contributed by atoms with Crippen molar-refractivity contribution in [3.05, 3.63) is 53.2 Å². The van der Waals surface area contributed by atoms with Crippen LogP contribution in [0.1, 0.15) is 16.7 Å². The van der Waals surface area contributed by atoms with E-state index in [0.717, 1.165) is 43.4 Å². The van der Waals surface area contributed by atoms with Crippen LogP contribution in [0.3, 0.4) is 0 Å². The number of benzene rings is 1. The van der Waals surface area contributed by atoms with Crippen LogP contribution in [-0.4, -0.2) is 37.2 Å². The molecule has 132 valence electrons. The Kier molecular flexibility index (Phi) is 5.50. The van der Waals surface area contributed by atoms with Gasteiger partial charge in [-0.1, -0.05) is 12.1 Å². The Balaban J connectivity index is 1.70. The lowest BCUT2D eigenvalue weighted by molar-refractivity contribution is 0.122. The Morgan fingerprint density at radius 2 is 1.96 bits per heavy atom. The van der Waals surface area contributed by atoms with Crippen LogP contribution in [0, 0.1) is 13.8 Å². The average Bonchev–Trinajstić information content (AvgIpc) is 2.60. The van der Waals surface area contributed by atoms with Crippen molar-refractivity contribution in [1.29, 1.82) is 0 Å². The van der Waals surface area contributed by atoms with Crippen molar-refractivity contribution in [3.8, 4) is 0 Å². The predicted molar refractivity (Wildman–Crippen MR) is 102 cm³/mol. The molecular formula is C19H25N5O. The molecule has 1 aliphatic heterocycles. The smallest absolute Gasteiger partial charge is 0.193 e. The van der Waals surface area contributed by atoms with Gasteiger partial charge >= 0.3 is 0 Å². The van der Waals surface area contributed by atoms with Gasteiger partial charge in [0.05, 0.1) is 19.8 Å². The molecule has 0 amide bonds. The molecule has 0 aliphatic carbocycles. The van der Waals surface area contributed by atoms with E-state index in [9.17, 15) is 0 Å². The molecule has 0 saturated carbocycles. The minimum atomic E-state index is 0.404.